The summed E-state index contributed by atoms with van der Waals surface area (Å²) in [4.78, 5) is 15.3. The number of hydrogen-bond acceptors (Lipinski definition) is 6. The van der Waals surface area contributed by atoms with E-state index in [9.17, 15) is 13.2 Å². The average molecular weight is 445 g/mol. The Morgan fingerprint density at radius 2 is 2.03 bits per heavy atom. The van der Waals surface area contributed by atoms with Gasteiger partial charge >= 0.3 is 0 Å². The van der Waals surface area contributed by atoms with Crippen LogP contribution in [0.1, 0.15) is 58.8 Å². The van der Waals surface area contributed by atoms with E-state index >= 15 is 0 Å². The van der Waals surface area contributed by atoms with Gasteiger partial charge in [0.1, 0.15) is 6.17 Å². The van der Waals surface area contributed by atoms with Crippen molar-refractivity contribution in [3.63, 3.8) is 0 Å². The summed E-state index contributed by atoms with van der Waals surface area (Å²) in [5.74, 6) is 0.294. The number of nitrogens with one attached hydrogen (secondary N) is 1. The molecule has 0 aliphatic carbocycles. The second kappa shape index (κ2) is 7.63. The summed E-state index contributed by atoms with van der Waals surface area (Å²) in [5, 5.41) is 8.27. The zero-order valence-electron chi connectivity index (χ0n) is 17.9. The molecule has 1 N–H and O–H groups in total. The molecule has 4 heterocycles. The number of ether oxygens (including phenoxy) is 1. The van der Waals surface area contributed by atoms with Crippen molar-refractivity contribution in [3.8, 4) is 0 Å². The van der Waals surface area contributed by atoms with Crippen molar-refractivity contribution in [1.29, 1.82) is 0 Å². The molecule has 0 spiro atoms. The maximum Gasteiger partial charge on any atom is 0.257 e. The number of anilines is 1. The summed E-state index contributed by atoms with van der Waals surface area (Å²) >= 11 is 0. The lowest BCUT2D eigenvalue weighted by Crippen LogP contribution is -2.46. The number of para-hydroxylation sites is 1. The van der Waals surface area contributed by atoms with Crippen LogP contribution in [-0.4, -0.2) is 59.8 Å². The predicted octanol–water partition coefficient (Wildman–Crippen LogP) is 2.61. The Hall–Kier alpha value is -2.39. The molecule has 1 aromatic carbocycles. The summed E-state index contributed by atoms with van der Waals surface area (Å²) in [7, 11) is -3.02. The van der Waals surface area contributed by atoms with E-state index in [1.54, 1.807) is 0 Å². The standard InChI is InChI=1S/C22H28N4O4S/c1-14-20(15(2)26(24-14)16-9-11-31(28,29)13-16)21-23-19-8-4-3-7-18(19)22(27)25(21)12-17-6-5-10-30-17/h3-4,7-8,16-17,21,23H,5-6,9-13H2,1-2H3. The largest absolute Gasteiger partial charge is 0.376 e. The molecule has 1 amide bonds. The Morgan fingerprint density at radius 1 is 1.23 bits per heavy atom. The van der Waals surface area contributed by atoms with E-state index in [0.717, 1.165) is 42.1 Å². The van der Waals surface area contributed by atoms with Gasteiger partial charge in [0, 0.05) is 30.1 Å². The predicted molar refractivity (Wildman–Crippen MR) is 117 cm³/mol. The lowest BCUT2D eigenvalue weighted by molar-refractivity contribution is 0.0425. The van der Waals surface area contributed by atoms with Gasteiger partial charge in [0.25, 0.3) is 5.91 Å². The first-order valence-corrected chi connectivity index (χ1v) is 12.7. The van der Waals surface area contributed by atoms with Crippen molar-refractivity contribution >= 4 is 21.4 Å². The Labute approximate surface area is 182 Å². The number of carbonyl (C=O) groups excluding carboxylic acids is 1. The van der Waals surface area contributed by atoms with Gasteiger partial charge in [-0.2, -0.15) is 5.10 Å². The molecule has 166 valence electrons. The Balaban J connectivity index is 1.54. The first-order valence-electron chi connectivity index (χ1n) is 10.9. The van der Waals surface area contributed by atoms with Crippen molar-refractivity contribution in [1.82, 2.24) is 14.7 Å². The number of fused-ring (bicyclic) bond motifs is 1. The molecule has 3 unspecified atom stereocenters. The van der Waals surface area contributed by atoms with E-state index in [2.05, 4.69) is 5.32 Å². The first-order chi connectivity index (χ1) is 14.8. The summed E-state index contributed by atoms with van der Waals surface area (Å²) < 4.78 is 31.7. The van der Waals surface area contributed by atoms with Gasteiger partial charge in [0.15, 0.2) is 9.84 Å². The normalized spacial score (nSPS) is 27.4. The smallest absolute Gasteiger partial charge is 0.257 e. The van der Waals surface area contributed by atoms with E-state index in [1.165, 1.54) is 0 Å². The molecule has 3 atom stereocenters. The third-order valence-corrected chi connectivity index (χ3v) is 8.41. The lowest BCUT2D eigenvalue weighted by Gasteiger charge is -2.39. The van der Waals surface area contributed by atoms with Gasteiger partial charge in [-0.05, 0) is 45.2 Å². The maximum atomic E-state index is 13.5. The monoisotopic (exact) mass is 444 g/mol. The highest BCUT2D eigenvalue weighted by atomic mass is 32.2. The zero-order valence-corrected chi connectivity index (χ0v) is 18.7. The number of benzene rings is 1. The molecule has 0 bridgehead atoms. The fraction of sp³-hybridized carbons (Fsp3) is 0.545. The van der Waals surface area contributed by atoms with Gasteiger partial charge in [0.05, 0.1) is 34.9 Å². The van der Waals surface area contributed by atoms with E-state index in [0.29, 0.717) is 18.5 Å². The summed E-state index contributed by atoms with van der Waals surface area (Å²) in [6.07, 6.45) is 2.17. The molecule has 0 radical (unpaired) electrons. The number of nitrogens with zero attached hydrogens (tertiary/aromatic N) is 3. The summed E-state index contributed by atoms with van der Waals surface area (Å²) in [6, 6.07) is 7.39. The zero-order chi connectivity index (χ0) is 21.8. The first kappa shape index (κ1) is 20.5. The van der Waals surface area contributed by atoms with Gasteiger partial charge in [-0.3, -0.25) is 9.48 Å². The third kappa shape index (κ3) is 3.63. The molecule has 0 saturated carbocycles. The van der Waals surface area contributed by atoms with Crippen LogP contribution in [0.5, 0.6) is 0 Å². The van der Waals surface area contributed by atoms with Crippen LogP contribution in [0.4, 0.5) is 5.69 Å². The molecule has 2 saturated heterocycles. The van der Waals surface area contributed by atoms with E-state index < -0.39 is 9.84 Å². The van der Waals surface area contributed by atoms with Crippen LogP contribution in [-0.2, 0) is 14.6 Å². The molecule has 1 aromatic heterocycles. The fourth-order valence-corrected chi connectivity index (χ4v) is 6.80. The van der Waals surface area contributed by atoms with Gasteiger partial charge in [0.2, 0.25) is 0 Å². The minimum Gasteiger partial charge on any atom is -0.376 e. The van der Waals surface area contributed by atoms with Crippen LogP contribution in [0.15, 0.2) is 24.3 Å². The Morgan fingerprint density at radius 3 is 2.74 bits per heavy atom. The minimum atomic E-state index is -3.02. The Bertz CT molecular complexity index is 1120. The highest BCUT2D eigenvalue weighted by Crippen LogP contribution is 2.37. The topological polar surface area (TPSA) is 93.5 Å². The van der Waals surface area contributed by atoms with Gasteiger partial charge < -0.3 is 15.0 Å². The summed E-state index contributed by atoms with van der Waals surface area (Å²) in [5.41, 5.74) is 4.10. The van der Waals surface area contributed by atoms with Crippen molar-refractivity contribution in [2.75, 3.05) is 30.0 Å². The fourth-order valence-electron chi connectivity index (χ4n) is 5.11. The quantitative estimate of drug-likeness (QED) is 0.779. The number of hydrogen-bond donors (Lipinski definition) is 1. The number of sulfone groups is 1. The van der Waals surface area contributed by atoms with E-state index in [4.69, 9.17) is 9.84 Å². The molecule has 3 aliphatic rings. The molecule has 2 fully saturated rings. The van der Waals surface area contributed by atoms with Crippen LogP contribution in [0, 0.1) is 13.8 Å². The minimum absolute atomic E-state index is 0.0224. The molecular weight excluding hydrogens is 416 g/mol. The molecule has 8 nitrogen and oxygen atoms in total. The van der Waals surface area contributed by atoms with Crippen molar-refractivity contribution in [2.24, 2.45) is 0 Å². The van der Waals surface area contributed by atoms with Crippen LogP contribution in [0.2, 0.25) is 0 Å². The molecule has 5 rings (SSSR count). The number of carbonyl (C=O) groups is 1. The molecular formula is C22H28N4O4S. The number of rotatable bonds is 4. The second-order valence-electron chi connectivity index (χ2n) is 8.77. The van der Waals surface area contributed by atoms with Crippen LogP contribution >= 0.6 is 0 Å². The van der Waals surface area contributed by atoms with E-state index in [1.807, 2.05) is 47.7 Å². The highest BCUT2D eigenvalue weighted by molar-refractivity contribution is 7.91. The number of aromatic nitrogens is 2. The second-order valence-corrected chi connectivity index (χ2v) is 11.0. The van der Waals surface area contributed by atoms with Crippen LogP contribution in [0.3, 0.4) is 0 Å². The van der Waals surface area contributed by atoms with E-state index in [-0.39, 0.29) is 35.7 Å². The van der Waals surface area contributed by atoms with Crippen LogP contribution < -0.4 is 5.32 Å². The lowest BCUT2D eigenvalue weighted by atomic mass is 10.0. The number of amides is 1. The molecule has 2 aromatic rings. The third-order valence-electron chi connectivity index (χ3n) is 6.66. The number of aryl methyl sites for hydroxylation is 1. The van der Waals surface area contributed by atoms with Crippen molar-refractivity contribution in [3.05, 3.63) is 46.8 Å². The molecule has 31 heavy (non-hydrogen) atoms. The molecule has 3 aliphatic heterocycles. The Kier molecular flexibility index (Phi) is 5.05. The summed E-state index contributed by atoms with van der Waals surface area (Å²) in [6.45, 7) is 5.14. The SMILES string of the molecule is Cc1nn(C2CCS(=O)(=O)C2)c(C)c1C1Nc2ccccc2C(=O)N1CC1CCCO1. The van der Waals surface area contributed by atoms with Crippen LogP contribution in [0.25, 0.3) is 0 Å². The van der Waals surface area contributed by atoms with Crippen molar-refractivity contribution < 1.29 is 17.9 Å². The van der Waals surface area contributed by atoms with Gasteiger partial charge in [-0.15, -0.1) is 0 Å². The average Bonchev–Trinajstić information content (AvgIpc) is 3.44. The maximum absolute atomic E-state index is 13.5. The highest BCUT2D eigenvalue weighted by Gasteiger charge is 2.39. The van der Waals surface area contributed by atoms with Crippen molar-refractivity contribution in [2.45, 2.75) is 51.4 Å². The van der Waals surface area contributed by atoms with Gasteiger partial charge in [-0.1, -0.05) is 12.1 Å². The molecule has 9 heteroatoms. The van der Waals surface area contributed by atoms with Gasteiger partial charge in [-0.25, -0.2) is 8.42 Å².